The molecule has 0 aromatic heterocycles. The topological polar surface area (TPSA) is 58.6 Å². The molecule has 17 heavy (non-hydrogen) atoms. The Balaban J connectivity index is 2.52. The summed E-state index contributed by atoms with van der Waals surface area (Å²) in [6.07, 6.45) is 0. The van der Waals surface area contributed by atoms with Crippen LogP contribution in [0, 0.1) is 5.92 Å². The van der Waals surface area contributed by atoms with Crippen LogP contribution in [0.15, 0.2) is 29.2 Å². The zero-order valence-electron chi connectivity index (χ0n) is 10.3. The third-order valence-electron chi connectivity index (χ3n) is 2.61. The van der Waals surface area contributed by atoms with Crippen molar-refractivity contribution in [3.63, 3.8) is 0 Å². The van der Waals surface area contributed by atoms with E-state index in [1.54, 1.807) is 24.3 Å². The molecule has 0 aliphatic carbocycles. The largest absolute Gasteiger partial charge is 0.392 e. The molecular formula is C12H19NO3S. The van der Waals surface area contributed by atoms with E-state index in [1.165, 1.54) is 0 Å². The Hall–Kier alpha value is -0.750. The van der Waals surface area contributed by atoms with Gasteiger partial charge in [-0.15, -0.1) is 0 Å². The molecule has 5 heteroatoms. The van der Waals surface area contributed by atoms with Crippen molar-refractivity contribution < 1.29 is 13.6 Å². The van der Waals surface area contributed by atoms with Crippen LogP contribution in [0.1, 0.15) is 26.3 Å². The molecule has 1 aromatic carbocycles. The predicted octanol–water partition coefficient (Wildman–Crippen LogP) is 1.77. The van der Waals surface area contributed by atoms with Gasteiger partial charge in [-0.3, -0.25) is 0 Å². The number of nitrogens with one attached hydrogen (secondary N) is 1. The van der Waals surface area contributed by atoms with Crippen LogP contribution in [-0.2, 0) is 22.0 Å². The van der Waals surface area contributed by atoms with Crippen LogP contribution < -0.4 is 5.48 Å². The molecule has 4 nitrogen and oxygen atoms in total. The van der Waals surface area contributed by atoms with Gasteiger partial charge in [0.05, 0.1) is 11.5 Å². The van der Waals surface area contributed by atoms with Crippen LogP contribution in [0.3, 0.4) is 0 Å². The molecule has 0 amide bonds. The van der Waals surface area contributed by atoms with E-state index in [1.807, 2.05) is 6.92 Å². The Kier molecular flexibility index (Phi) is 5.77. The fraction of sp³-hybridized carbons (Fsp3) is 0.500. The van der Waals surface area contributed by atoms with Gasteiger partial charge in [0.15, 0.2) is 0 Å². The van der Waals surface area contributed by atoms with Crippen LogP contribution in [-0.4, -0.2) is 15.4 Å². The Morgan fingerprint density at radius 2 is 1.88 bits per heavy atom. The van der Waals surface area contributed by atoms with Crippen molar-refractivity contribution >= 4 is 11.1 Å². The number of hydrogen-bond donors (Lipinski definition) is 2. The number of aliphatic hydroxyl groups is 1. The maximum atomic E-state index is 11.7. The lowest BCUT2D eigenvalue weighted by Crippen LogP contribution is -2.31. The minimum Gasteiger partial charge on any atom is -0.392 e. The van der Waals surface area contributed by atoms with Gasteiger partial charge < -0.3 is 5.11 Å². The standard InChI is InChI=1S/C12H19NO3S/c1-9(2)10(3)13-16-17(15)12-6-4-11(8-14)5-7-12/h4-7,9-10,13-14H,8H2,1-3H3. The Bertz CT molecular complexity index is 365. The maximum Gasteiger partial charge on any atom is 0.206 e. The van der Waals surface area contributed by atoms with E-state index in [4.69, 9.17) is 9.39 Å². The first-order valence-electron chi connectivity index (χ1n) is 5.59. The lowest BCUT2D eigenvalue weighted by atomic mass is 10.1. The van der Waals surface area contributed by atoms with Crippen LogP contribution in [0.4, 0.5) is 0 Å². The highest BCUT2D eigenvalue weighted by Gasteiger charge is 2.10. The highest BCUT2D eigenvalue weighted by atomic mass is 32.2. The molecule has 0 aliphatic rings. The summed E-state index contributed by atoms with van der Waals surface area (Å²) in [6.45, 7) is 6.06. The minimum atomic E-state index is -1.52. The van der Waals surface area contributed by atoms with Crippen LogP contribution in [0.25, 0.3) is 0 Å². The van der Waals surface area contributed by atoms with Crippen molar-refractivity contribution in [2.75, 3.05) is 0 Å². The fourth-order valence-corrected chi connectivity index (χ4v) is 1.70. The van der Waals surface area contributed by atoms with Gasteiger partial charge in [0, 0.05) is 6.04 Å². The summed E-state index contributed by atoms with van der Waals surface area (Å²) in [5.74, 6) is 0.406. The third-order valence-corrected chi connectivity index (χ3v) is 3.51. The predicted molar refractivity (Wildman–Crippen MR) is 67.3 cm³/mol. The van der Waals surface area contributed by atoms with Gasteiger partial charge in [-0.25, -0.2) is 4.21 Å². The van der Waals surface area contributed by atoms with E-state index < -0.39 is 11.1 Å². The Labute approximate surface area is 105 Å². The van der Waals surface area contributed by atoms with E-state index >= 15 is 0 Å². The number of hydroxylamine groups is 1. The Morgan fingerprint density at radius 3 is 2.35 bits per heavy atom. The lowest BCUT2D eigenvalue weighted by molar-refractivity contribution is 0.160. The summed E-state index contributed by atoms with van der Waals surface area (Å²) in [4.78, 5) is 0.575. The molecule has 0 radical (unpaired) electrons. The fourth-order valence-electron chi connectivity index (χ4n) is 1.01. The molecular weight excluding hydrogens is 238 g/mol. The summed E-state index contributed by atoms with van der Waals surface area (Å²) in [6, 6.07) is 6.95. The summed E-state index contributed by atoms with van der Waals surface area (Å²) < 4.78 is 16.8. The number of benzene rings is 1. The van der Waals surface area contributed by atoms with Gasteiger partial charge in [0.2, 0.25) is 11.1 Å². The monoisotopic (exact) mass is 257 g/mol. The van der Waals surface area contributed by atoms with Crippen molar-refractivity contribution in [1.82, 2.24) is 5.48 Å². The molecule has 0 heterocycles. The average molecular weight is 257 g/mol. The van der Waals surface area contributed by atoms with E-state index in [9.17, 15) is 4.21 Å². The second kappa shape index (κ2) is 6.86. The van der Waals surface area contributed by atoms with Crippen molar-refractivity contribution in [1.29, 1.82) is 0 Å². The van der Waals surface area contributed by atoms with Crippen molar-refractivity contribution in [2.45, 2.75) is 38.3 Å². The molecule has 0 bridgehead atoms. The molecule has 1 aromatic rings. The normalized spacial score (nSPS) is 14.9. The van der Waals surface area contributed by atoms with Crippen molar-refractivity contribution in [2.24, 2.45) is 5.92 Å². The molecule has 0 aliphatic heterocycles. The average Bonchev–Trinajstić information content (AvgIpc) is 2.35. The quantitative estimate of drug-likeness (QED) is 0.763. The molecule has 2 unspecified atom stereocenters. The Morgan fingerprint density at radius 1 is 1.29 bits per heavy atom. The van der Waals surface area contributed by atoms with Gasteiger partial charge in [-0.05, 0) is 30.5 Å². The molecule has 0 spiro atoms. The van der Waals surface area contributed by atoms with Crippen LogP contribution >= 0.6 is 0 Å². The molecule has 2 N–H and O–H groups in total. The smallest absolute Gasteiger partial charge is 0.206 e. The molecule has 1 rings (SSSR count). The maximum absolute atomic E-state index is 11.7. The van der Waals surface area contributed by atoms with Gasteiger partial charge >= 0.3 is 0 Å². The summed E-state index contributed by atoms with van der Waals surface area (Å²) >= 11 is -1.52. The number of rotatable bonds is 6. The lowest BCUT2D eigenvalue weighted by Gasteiger charge is -2.15. The SMILES string of the molecule is CC(C)C(C)NOS(=O)c1ccc(CO)cc1. The molecule has 0 saturated heterocycles. The summed E-state index contributed by atoms with van der Waals surface area (Å²) in [7, 11) is 0. The second-order valence-electron chi connectivity index (χ2n) is 4.27. The summed E-state index contributed by atoms with van der Waals surface area (Å²) in [5, 5.41) is 8.88. The first-order valence-corrected chi connectivity index (χ1v) is 6.66. The van der Waals surface area contributed by atoms with Crippen molar-refractivity contribution in [3.05, 3.63) is 29.8 Å². The van der Waals surface area contributed by atoms with E-state index in [0.29, 0.717) is 10.8 Å². The van der Waals surface area contributed by atoms with Gasteiger partial charge in [-0.1, -0.05) is 26.0 Å². The third kappa shape index (κ3) is 4.55. The highest BCUT2D eigenvalue weighted by molar-refractivity contribution is 7.80. The van der Waals surface area contributed by atoms with Gasteiger partial charge in [-0.2, -0.15) is 9.76 Å². The molecule has 2 atom stereocenters. The molecule has 96 valence electrons. The van der Waals surface area contributed by atoms with E-state index in [2.05, 4.69) is 19.3 Å². The summed E-state index contributed by atoms with van der Waals surface area (Å²) in [5.41, 5.74) is 3.55. The van der Waals surface area contributed by atoms with Crippen molar-refractivity contribution in [3.8, 4) is 0 Å². The first-order chi connectivity index (χ1) is 8.04. The zero-order chi connectivity index (χ0) is 12.8. The van der Waals surface area contributed by atoms with E-state index in [0.717, 1.165) is 5.56 Å². The second-order valence-corrected chi connectivity index (χ2v) is 5.38. The first kappa shape index (κ1) is 14.3. The zero-order valence-corrected chi connectivity index (χ0v) is 11.2. The van der Waals surface area contributed by atoms with Gasteiger partial charge in [0.1, 0.15) is 0 Å². The molecule has 0 fully saturated rings. The minimum absolute atomic E-state index is 0.0175. The number of aliphatic hydroxyl groups excluding tert-OH is 1. The molecule has 0 saturated carbocycles. The van der Waals surface area contributed by atoms with Crippen LogP contribution in [0.2, 0.25) is 0 Å². The van der Waals surface area contributed by atoms with E-state index in [-0.39, 0.29) is 12.6 Å². The van der Waals surface area contributed by atoms with Gasteiger partial charge in [0.25, 0.3) is 0 Å². The number of hydrogen-bond acceptors (Lipinski definition) is 4. The highest BCUT2D eigenvalue weighted by Crippen LogP contribution is 2.10. The van der Waals surface area contributed by atoms with Crippen LogP contribution in [0.5, 0.6) is 0 Å².